The molecule has 1 aromatic carbocycles. The highest BCUT2D eigenvalue weighted by Crippen LogP contribution is 2.42. The highest BCUT2D eigenvalue weighted by Gasteiger charge is 2.44. The number of aromatic nitrogens is 2. The van der Waals surface area contributed by atoms with Crippen LogP contribution in [0.3, 0.4) is 0 Å². The second-order valence-electron chi connectivity index (χ2n) is 8.50. The lowest BCUT2D eigenvalue weighted by molar-refractivity contribution is 0.0576. The molecule has 0 saturated carbocycles. The van der Waals surface area contributed by atoms with Gasteiger partial charge in [-0.15, -0.1) is 0 Å². The van der Waals surface area contributed by atoms with Crippen molar-refractivity contribution in [2.75, 3.05) is 38.2 Å². The average Bonchev–Trinajstić information content (AvgIpc) is 3.15. The summed E-state index contributed by atoms with van der Waals surface area (Å²) in [4.78, 5) is 18.9. The van der Waals surface area contributed by atoms with E-state index in [0.717, 1.165) is 29.7 Å². The van der Waals surface area contributed by atoms with Crippen molar-refractivity contribution in [2.24, 2.45) is 5.41 Å². The molecule has 0 bridgehead atoms. The van der Waals surface area contributed by atoms with Crippen LogP contribution in [0.2, 0.25) is 0 Å². The maximum Gasteiger partial charge on any atom is 0.337 e. The molecule has 2 saturated heterocycles. The molecule has 2 aliphatic rings. The number of esters is 1. The molecule has 0 N–H and O–H groups in total. The predicted molar refractivity (Wildman–Crippen MR) is 121 cm³/mol. The highest BCUT2D eigenvalue weighted by molar-refractivity contribution is 9.07. The number of rotatable bonds is 4. The Morgan fingerprint density at radius 1 is 1.17 bits per heavy atom. The second-order valence-corrected chi connectivity index (χ2v) is 9.51. The SMILES string of the molecule is COC(=O)c1ccc(Cn2ccc3cc(N4CCC5(CC4)CN(Br)C5)cnc32)cc1. The summed E-state index contributed by atoms with van der Waals surface area (Å²) in [5, 5.41) is 1.16. The highest BCUT2D eigenvalue weighted by atomic mass is 79.9. The summed E-state index contributed by atoms with van der Waals surface area (Å²) in [6, 6.07) is 11.9. The van der Waals surface area contributed by atoms with Gasteiger partial charge in [0.15, 0.2) is 0 Å². The van der Waals surface area contributed by atoms with Gasteiger partial charge in [-0.3, -0.25) is 0 Å². The van der Waals surface area contributed by atoms with Crippen molar-refractivity contribution in [3.63, 3.8) is 0 Å². The maximum absolute atomic E-state index is 11.6. The Morgan fingerprint density at radius 3 is 2.57 bits per heavy atom. The molecule has 0 atom stereocenters. The number of carbonyl (C=O) groups is 1. The van der Waals surface area contributed by atoms with Crippen LogP contribution in [0.4, 0.5) is 5.69 Å². The van der Waals surface area contributed by atoms with Crippen LogP contribution < -0.4 is 4.90 Å². The van der Waals surface area contributed by atoms with Crippen LogP contribution in [0.15, 0.2) is 48.8 Å². The van der Waals surface area contributed by atoms with E-state index >= 15 is 0 Å². The van der Waals surface area contributed by atoms with E-state index in [1.165, 1.54) is 38.7 Å². The third kappa shape index (κ3) is 3.61. The van der Waals surface area contributed by atoms with Gasteiger partial charge in [-0.2, -0.15) is 0 Å². The fraction of sp³-hybridized carbons (Fsp3) is 0.391. The van der Waals surface area contributed by atoms with Gasteiger partial charge < -0.3 is 14.2 Å². The maximum atomic E-state index is 11.6. The van der Waals surface area contributed by atoms with Crippen molar-refractivity contribution in [3.8, 4) is 0 Å². The van der Waals surface area contributed by atoms with Crippen molar-refractivity contribution in [1.29, 1.82) is 0 Å². The topological polar surface area (TPSA) is 50.6 Å². The molecule has 0 aliphatic carbocycles. The molecule has 4 heterocycles. The summed E-state index contributed by atoms with van der Waals surface area (Å²) < 4.78 is 9.15. The largest absolute Gasteiger partial charge is 0.465 e. The summed E-state index contributed by atoms with van der Waals surface area (Å²) in [5.74, 6) is -0.312. The molecule has 2 fully saturated rings. The standard InChI is InChI=1S/C23H25BrN4O2/c1-30-22(29)18-4-2-17(3-5-18)14-27-9-6-19-12-20(13-25-21(19)27)26-10-7-23(8-11-26)15-28(24)16-23/h2-6,9,12-13H,7-8,10-11,14-16H2,1H3. The fourth-order valence-corrected chi connectivity index (χ4v) is 5.73. The van der Waals surface area contributed by atoms with Crippen molar-refractivity contribution >= 4 is 38.8 Å². The number of benzene rings is 1. The van der Waals surface area contributed by atoms with Gasteiger partial charge in [-0.1, -0.05) is 12.1 Å². The molecule has 3 aromatic rings. The number of carbonyl (C=O) groups excluding carboxylic acids is 1. The lowest BCUT2D eigenvalue weighted by Gasteiger charge is -2.52. The minimum atomic E-state index is -0.312. The average molecular weight is 469 g/mol. The molecule has 6 nitrogen and oxygen atoms in total. The molecule has 2 aliphatic heterocycles. The first-order chi connectivity index (χ1) is 14.5. The summed E-state index contributed by atoms with van der Waals surface area (Å²) >= 11 is 3.58. The van der Waals surface area contributed by atoms with Gasteiger partial charge in [-0.05, 0) is 42.7 Å². The van der Waals surface area contributed by atoms with Crippen LogP contribution >= 0.6 is 16.1 Å². The van der Waals surface area contributed by atoms with E-state index in [-0.39, 0.29) is 5.97 Å². The van der Waals surface area contributed by atoms with E-state index in [2.05, 4.69) is 47.9 Å². The Labute approximate surface area is 184 Å². The quantitative estimate of drug-likeness (QED) is 0.426. The monoisotopic (exact) mass is 468 g/mol. The van der Waals surface area contributed by atoms with Crippen LogP contribution in [-0.2, 0) is 11.3 Å². The number of nitrogens with zero attached hydrogens (tertiary/aromatic N) is 4. The minimum absolute atomic E-state index is 0.312. The lowest BCUT2D eigenvalue weighted by atomic mass is 9.73. The van der Waals surface area contributed by atoms with Crippen LogP contribution in [0.1, 0.15) is 28.8 Å². The van der Waals surface area contributed by atoms with E-state index in [9.17, 15) is 4.79 Å². The van der Waals surface area contributed by atoms with Crippen molar-refractivity contribution in [2.45, 2.75) is 19.4 Å². The Bertz CT molecular complexity index is 1060. The number of hydrogen-bond donors (Lipinski definition) is 0. The number of anilines is 1. The molecular formula is C23H25BrN4O2. The fourth-order valence-electron chi connectivity index (χ4n) is 4.66. The third-order valence-corrected chi connectivity index (χ3v) is 7.02. The number of halogens is 1. The summed E-state index contributed by atoms with van der Waals surface area (Å²) in [5.41, 5.74) is 4.40. The third-order valence-electron chi connectivity index (χ3n) is 6.52. The Balaban J connectivity index is 1.29. The summed E-state index contributed by atoms with van der Waals surface area (Å²) in [6.45, 7) is 5.25. The van der Waals surface area contributed by atoms with E-state index in [4.69, 9.17) is 9.72 Å². The van der Waals surface area contributed by atoms with Gasteiger partial charge in [0, 0.05) is 65.9 Å². The van der Waals surface area contributed by atoms with Crippen molar-refractivity contribution < 1.29 is 9.53 Å². The molecule has 30 heavy (non-hydrogen) atoms. The number of ether oxygens (including phenoxy) is 1. The predicted octanol–water partition coefficient (Wildman–Crippen LogP) is 4.08. The van der Waals surface area contributed by atoms with Crippen LogP contribution in [-0.4, -0.2) is 52.7 Å². The molecule has 0 amide bonds. The second kappa shape index (κ2) is 7.71. The first kappa shape index (κ1) is 19.6. The summed E-state index contributed by atoms with van der Waals surface area (Å²) in [6.07, 6.45) is 6.58. The molecular weight excluding hydrogens is 444 g/mol. The van der Waals surface area contributed by atoms with Crippen LogP contribution in [0, 0.1) is 5.41 Å². The minimum Gasteiger partial charge on any atom is -0.465 e. The number of piperidine rings is 1. The molecule has 0 radical (unpaired) electrons. The van der Waals surface area contributed by atoms with Crippen LogP contribution in [0.25, 0.3) is 11.0 Å². The van der Waals surface area contributed by atoms with E-state index in [1.807, 2.05) is 18.3 Å². The van der Waals surface area contributed by atoms with Gasteiger partial charge >= 0.3 is 5.97 Å². The number of methoxy groups -OCH3 is 1. The van der Waals surface area contributed by atoms with Crippen LogP contribution in [0.5, 0.6) is 0 Å². The van der Waals surface area contributed by atoms with Gasteiger partial charge in [0.1, 0.15) is 5.65 Å². The zero-order valence-corrected chi connectivity index (χ0v) is 18.6. The Morgan fingerprint density at radius 2 is 1.90 bits per heavy atom. The lowest BCUT2D eigenvalue weighted by Crippen LogP contribution is -2.56. The molecule has 156 valence electrons. The Kier molecular flexibility index (Phi) is 5.03. The van der Waals surface area contributed by atoms with Crippen molar-refractivity contribution in [3.05, 3.63) is 59.9 Å². The number of hydrogen-bond acceptors (Lipinski definition) is 5. The molecule has 5 rings (SSSR count). The zero-order chi connectivity index (χ0) is 20.7. The normalized spacial score (nSPS) is 18.5. The van der Waals surface area contributed by atoms with Gasteiger partial charge in [0.2, 0.25) is 0 Å². The first-order valence-corrected chi connectivity index (χ1v) is 11.0. The molecule has 7 heteroatoms. The van der Waals surface area contributed by atoms with Gasteiger partial charge in [0.25, 0.3) is 0 Å². The molecule has 0 unspecified atom stereocenters. The van der Waals surface area contributed by atoms with Gasteiger partial charge in [-0.25, -0.2) is 13.7 Å². The Hall–Kier alpha value is -2.38. The zero-order valence-electron chi connectivity index (χ0n) is 17.1. The van der Waals surface area contributed by atoms with Crippen molar-refractivity contribution in [1.82, 2.24) is 13.5 Å². The van der Waals surface area contributed by atoms with E-state index < -0.39 is 0 Å². The number of fused-ring (bicyclic) bond motifs is 1. The smallest absolute Gasteiger partial charge is 0.337 e. The number of pyridine rings is 1. The first-order valence-electron chi connectivity index (χ1n) is 10.3. The van der Waals surface area contributed by atoms with Gasteiger partial charge in [0.05, 0.1) is 24.6 Å². The van der Waals surface area contributed by atoms with E-state index in [1.54, 1.807) is 12.1 Å². The summed E-state index contributed by atoms with van der Waals surface area (Å²) in [7, 11) is 1.40. The molecule has 2 aromatic heterocycles. The van der Waals surface area contributed by atoms with E-state index in [0.29, 0.717) is 17.5 Å². The molecule has 1 spiro atoms.